The Bertz CT molecular complexity index is 1120. The van der Waals surface area contributed by atoms with Gasteiger partial charge < -0.3 is 5.11 Å². The molecular formula is C22H15BCl3F3N2O-. The summed E-state index contributed by atoms with van der Waals surface area (Å²) in [5.74, 6) is -2.49. The number of alkyl halides is 3. The maximum Gasteiger partial charge on any atom is 0.399 e. The molecule has 0 heterocycles. The normalized spacial score (nSPS) is 16.6. The van der Waals surface area contributed by atoms with E-state index in [1.807, 2.05) is 6.07 Å². The molecule has 3 rings (SSSR count). The molecule has 1 atom stereocenters. The highest BCUT2D eigenvalue weighted by Crippen LogP contribution is 2.41. The van der Waals surface area contributed by atoms with Crippen LogP contribution < -0.4 is 10.6 Å². The van der Waals surface area contributed by atoms with Gasteiger partial charge >= 0.3 is 6.18 Å². The van der Waals surface area contributed by atoms with Gasteiger partial charge in [-0.1, -0.05) is 77.4 Å². The first-order chi connectivity index (χ1) is 15.0. The maximum absolute atomic E-state index is 13.7. The Morgan fingerprint density at radius 1 is 1.22 bits per heavy atom. The smallest absolute Gasteiger partial charge is 0.399 e. The summed E-state index contributed by atoms with van der Waals surface area (Å²) in [5, 5.41) is 21.5. The molecule has 0 spiro atoms. The number of nitrogens with zero attached hydrogens (tertiary/aromatic N) is 2. The zero-order valence-corrected chi connectivity index (χ0v) is 18.9. The van der Waals surface area contributed by atoms with E-state index in [-0.39, 0.29) is 26.2 Å². The molecule has 0 aliphatic heterocycles. The van der Waals surface area contributed by atoms with Crippen LogP contribution in [0.2, 0.25) is 21.9 Å². The van der Waals surface area contributed by atoms with E-state index in [0.29, 0.717) is 23.9 Å². The predicted octanol–water partition coefficient (Wildman–Crippen LogP) is 5.55. The summed E-state index contributed by atoms with van der Waals surface area (Å²) in [6.07, 6.45) is -1.21. The standard InChI is InChI=1S/C22H16BCl3F3N2O/c1-23-16-8-12(2-4-14(16)20(32)31-21(11-30)6-7-21)3-5-15(22(27,28)29)13-9-17(24)19(26)18(25)10-13/h2-5,8-10,15H,6-7H2,1H3,(H,31,32)/p-1/b5-3+. The number of allylic oxidation sites excluding steroid dienone is 1. The Morgan fingerprint density at radius 3 is 2.34 bits per heavy atom. The van der Waals surface area contributed by atoms with E-state index in [0.717, 1.165) is 18.2 Å². The largest absolute Gasteiger partial charge is 0.858 e. The molecule has 2 aromatic rings. The van der Waals surface area contributed by atoms with Gasteiger partial charge in [0.25, 0.3) is 0 Å². The minimum absolute atomic E-state index is 0.0137. The molecule has 32 heavy (non-hydrogen) atoms. The molecule has 0 N–H and O–H groups in total. The minimum atomic E-state index is -4.60. The maximum atomic E-state index is 13.7. The molecule has 1 fully saturated rings. The molecular weight excluding hydrogens is 482 g/mol. The summed E-state index contributed by atoms with van der Waals surface area (Å²) in [5.41, 5.74) is 0.163. The predicted molar refractivity (Wildman–Crippen MR) is 121 cm³/mol. The Hall–Kier alpha value is -2.14. The number of hydrogen-bond donors (Lipinski definition) is 0. The highest BCUT2D eigenvalue weighted by Gasteiger charge is 2.43. The van der Waals surface area contributed by atoms with Crippen LogP contribution in [-0.4, -0.2) is 24.9 Å². The summed E-state index contributed by atoms with van der Waals surface area (Å²) in [4.78, 5) is 3.99. The van der Waals surface area contributed by atoms with Crippen LogP contribution in [0.4, 0.5) is 13.2 Å². The molecule has 165 valence electrons. The van der Waals surface area contributed by atoms with Crippen LogP contribution in [0, 0.1) is 11.3 Å². The fourth-order valence-corrected chi connectivity index (χ4v) is 3.72. The Balaban J connectivity index is 1.94. The SMILES string of the molecule is C[B]c1cc(/C=C/C(c2cc(Cl)c(Cl)c(Cl)c2)C(F)(F)F)ccc1C([O-])=NC1(C#N)CC1. The molecule has 0 saturated heterocycles. The average molecular weight is 498 g/mol. The van der Waals surface area contributed by atoms with Crippen LogP contribution in [-0.2, 0) is 0 Å². The van der Waals surface area contributed by atoms with E-state index in [4.69, 9.17) is 40.1 Å². The summed E-state index contributed by atoms with van der Waals surface area (Å²) >= 11 is 17.7. The third-order valence-corrected chi connectivity index (χ3v) is 6.26. The van der Waals surface area contributed by atoms with Crippen molar-refractivity contribution >= 4 is 59.5 Å². The quantitative estimate of drug-likeness (QED) is 0.228. The zero-order valence-electron chi connectivity index (χ0n) is 16.7. The van der Waals surface area contributed by atoms with E-state index in [1.165, 1.54) is 18.2 Å². The number of benzene rings is 2. The number of hydrogen-bond acceptors (Lipinski definition) is 3. The first kappa shape index (κ1) is 24.5. The van der Waals surface area contributed by atoms with Crippen molar-refractivity contribution in [3.8, 4) is 6.07 Å². The molecule has 2 aromatic carbocycles. The van der Waals surface area contributed by atoms with Crippen LogP contribution in [0.5, 0.6) is 0 Å². The zero-order chi connectivity index (χ0) is 23.7. The van der Waals surface area contributed by atoms with Gasteiger partial charge in [0.05, 0.1) is 27.1 Å². The van der Waals surface area contributed by atoms with Gasteiger partial charge in [0.2, 0.25) is 0 Å². The average Bonchev–Trinajstić information content (AvgIpc) is 3.50. The fraction of sp³-hybridized carbons (Fsp3) is 0.273. The third-order valence-electron chi connectivity index (χ3n) is 5.06. The Kier molecular flexibility index (Phi) is 7.19. The number of nitriles is 1. The summed E-state index contributed by atoms with van der Waals surface area (Å²) < 4.78 is 41.2. The summed E-state index contributed by atoms with van der Waals surface area (Å²) in [6, 6.07) is 8.90. The van der Waals surface area contributed by atoms with Gasteiger partial charge in [0.15, 0.2) is 0 Å². The van der Waals surface area contributed by atoms with Crippen molar-refractivity contribution in [1.29, 1.82) is 5.26 Å². The fourth-order valence-electron chi connectivity index (χ4n) is 3.11. The molecule has 1 saturated carbocycles. The van der Waals surface area contributed by atoms with E-state index in [2.05, 4.69) is 4.99 Å². The molecule has 1 aliphatic carbocycles. The molecule has 1 unspecified atom stereocenters. The molecule has 0 amide bonds. The lowest BCUT2D eigenvalue weighted by atomic mass is 9.70. The second-order valence-corrected chi connectivity index (χ2v) is 8.57. The van der Waals surface area contributed by atoms with Gasteiger partial charge in [-0.3, -0.25) is 4.99 Å². The third kappa shape index (κ3) is 5.43. The Labute approximate surface area is 199 Å². The molecule has 3 nitrogen and oxygen atoms in total. The van der Waals surface area contributed by atoms with Crippen LogP contribution in [0.1, 0.15) is 35.4 Å². The number of aliphatic imine (C=N–C) groups is 1. The lowest BCUT2D eigenvalue weighted by Gasteiger charge is -2.19. The summed E-state index contributed by atoms with van der Waals surface area (Å²) in [6.45, 7) is 1.70. The minimum Gasteiger partial charge on any atom is -0.858 e. The molecule has 1 radical (unpaired) electrons. The molecule has 10 heteroatoms. The van der Waals surface area contributed by atoms with Gasteiger partial charge in [-0.25, -0.2) is 0 Å². The lowest BCUT2D eigenvalue weighted by Crippen LogP contribution is -2.30. The van der Waals surface area contributed by atoms with E-state index in [9.17, 15) is 18.3 Å². The second kappa shape index (κ2) is 9.39. The van der Waals surface area contributed by atoms with Gasteiger partial charge in [0, 0.05) is 0 Å². The van der Waals surface area contributed by atoms with Crippen molar-refractivity contribution in [3.05, 3.63) is 68.2 Å². The van der Waals surface area contributed by atoms with Crippen LogP contribution in [0.3, 0.4) is 0 Å². The van der Waals surface area contributed by atoms with Crippen LogP contribution in [0.15, 0.2) is 41.4 Å². The van der Waals surface area contributed by atoms with Crippen molar-refractivity contribution in [2.75, 3.05) is 0 Å². The van der Waals surface area contributed by atoms with Gasteiger partial charge in [-0.15, -0.1) is 0 Å². The Morgan fingerprint density at radius 2 is 1.84 bits per heavy atom. The second-order valence-electron chi connectivity index (χ2n) is 7.37. The van der Waals surface area contributed by atoms with Crippen molar-refractivity contribution in [2.45, 2.75) is 37.3 Å². The molecule has 0 aromatic heterocycles. The number of halogens is 6. The monoisotopic (exact) mass is 496 g/mol. The lowest BCUT2D eigenvalue weighted by molar-refractivity contribution is -0.213. The highest BCUT2D eigenvalue weighted by molar-refractivity contribution is 6.54. The van der Waals surface area contributed by atoms with E-state index < -0.39 is 23.5 Å². The van der Waals surface area contributed by atoms with Crippen LogP contribution >= 0.6 is 34.8 Å². The van der Waals surface area contributed by atoms with Crippen LogP contribution in [0.25, 0.3) is 6.08 Å². The van der Waals surface area contributed by atoms with Crippen molar-refractivity contribution in [3.63, 3.8) is 0 Å². The topological polar surface area (TPSA) is 59.2 Å². The van der Waals surface area contributed by atoms with Crippen molar-refractivity contribution in [2.24, 2.45) is 4.99 Å². The van der Waals surface area contributed by atoms with Gasteiger partial charge in [-0.2, -0.15) is 18.4 Å². The van der Waals surface area contributed by atoms with E-state index in [1.54, 1.807) is 20.2 Å². The number of rotatable bonds is 6. The first-order valence-corrected chi connectivity index (χ1v) is 10.6. The van der Waals surface area contributed by atoms with E-state index >= 15 is 0 Å². The van der Waals surface area contributed by atoms with Gasteiger partial charge in [-0.05, 0) is 47.6 Å². The van der Waals surface area contributed by atoms with Crippen molar-refractivity contribution in [1.82, 2.24) is 0 Å². The van der Waals surface area contributed by atoms with Crippen molar-refractivity contribution < 1.29 is 18.3 Å². The first-order valence-electron chi connectivity index (χ1n) is 9.51. The summed E-state index contributed by atoms with van der Waals surface area (Å²) in [7, 11) is 1.66. The molecule has 1 aliphatic rings. The van der Waals surface area contributed by atoms with Gasteiger partial charge in [0.1, 0.15) is 12.8 Å². The highest BCUT2D eigenvalue weighted by atomic mass is 35.5. The molecule has 0 bridgehead atoms.